The normalized spacial score (nSPS) is 10.5. The lowest BCUT2D eigenvalue weighted by atomic mass is 10.3. The van der Waals surface area contributed by atoms with Gasteiger partial charge in [-0.2, -0.15) is 5.26 Å². The van der Waals surface area contributed by atoms with Crippen molar-refractivity contribution >= 4 is 22.8 Å². The zero-order valence-corrected chi connectivity index (χ0v) is 11.3. The lowest BCUT2D eigenvalue weighted by Gasteiger charge is -1.98. The van der Waals surface area contributed by atoms with Gasteiger partial charge < -0.3 is 0 Å². The van der Waals surface area contributed by atoms with Crippen LogP contribution in [0.15, 0.2) is 30.3 Å². The van der Waals surface area contributed by atoms with Gasteiger partial charge in [0, 0.05) is 11.8 Å². The van der Waals surface area contributed by atoms with Gasteiger partial charge in [-0.3, -0.25) is 20.2 Å². The van der Waals surface area contributed by atoms with E-state index in [2.05, 4.69) is 20.4 Å². The average molecular weight is 281 g/mol. The number of carbonyl (C=O) groups is 1. The van der Waals surface area contributed by atoms with Crippen molar-refractivity contribution in [1.29, 1.82) is 5.26 Å². The summed E-state index contributed by atoms with van der Waals surface area (Å²) < 4.78 is 1.64. The van der Waals surface area contributed by atoms with Gasteiger partial charge in [-0.1, -0.05) is 12.1 Å². The van der Waals surface area contributed by atoms with Gasteiger partial charge in [0.25, 0.3) is 5.91 Å². The highest BCUT2D eigenvalue weighted by atomic mass is 16.1. The van der Waals surface area contributed by atoms with Crippen LogP contribution in [-0.2, 0) is 4.79 Å². The molecule has 3 aromatic rings. The van der Waals surface area contributed by atoms with E-state index >= 15 is 0 Å². The SMILES string of the molecule is Cc1cc(NC(=O)CC#N)[n+](-c2nc3ccccc3[nH]2)[nH]1. The fourth-order valence-electron chi connectivity index (χ4n) is 2.10. The van der Waals surface area contributed by atoms with Crippen LogP contribution in [0.1, 0.15) is 12.1 Å². The van der Waals surface area contributed by atoms with Crippen molar-refractivity contribution in [2.24, 2.45) is 0 Å². The fraction of sp³-hybridized carbons (Fsp3) is 0.143. The monoisotopic (exact) mass is 281 g/mol. The first-order chi connectivity index (χ1) is 10.2. The number of benzene rings is 1. The van der Waals surface area contributed by atoms with E-state index in [1.165, 1.54) is 0 Å². The van der Waals surface area contributed by atoms with Crippen molar-refractivity contribution in [3.05, 3.63) is 36.0 Å². The molecule has 0 bridgehead atoms. The van der Waals surface area contributed by atoms with Crippen LogP contribution in [0.4, 0.5) is 5.82 Å². The summed E-state index contributed by atoms with van der Waals surface area (Å²) in [6.07, 6.45) is -0.190. The molecule has 3 N–H and O–H groups in total. The zero-order valence-electron chi connectivity index (χ0n) is 11.3. The Labute approximate surface area is 120 Å². The molecule has 7 nitrogen and oxygen atoms in total. The molecule has 0 saturated heterocycles. The number of nitrogens with zero attached hydrogens (tertiary/aromatic N) is 3. The second kappa shape index (κ2) is 5.09. The Morgan fingerprint density at radius 1 is 1.48 bits per heavy atom. The molecular weight excluding hydrogens is 268 g/mol. The maximum atomic E-state index is 11.6. The van der Waals surface area contributed by atoms with Crippen LogP contribution >= 0.6 is 0 Å². The molecule has 0 aliphatic heterocycles. The molecule has 0 unspecified atom stereocenters. The third-order valence-electron chi connectivity index (χ3n) is 2.98. The van der Waals surface area contributed by atoms with Gasteiger partial charge in [-0.25, -0.2) is 0 Å². The van der Waals surface area contributed by atoms with Gasteiger partial charge in [0.1, 0.15) is 11.9 Å². The van der Waals surface area contributed by atoms with E-state index in [-0.39, 0.29) is 12.3 Å². The first-order valence-electron chi connectivity index (χ1n) is 6.41. The quantitative estimate of drug-likeness (QED) is 0.631. The summed E-state index contributed by atoms with van der Waals surface area (Å²) in [5.74, 6) is 0.740. The van der Waals surface area contributed by atoms with Crippen molar-refractivity contribution in [3.63, 3.8) is 0 Å². The highest BCUT2D eigenvalue weighted by Crippen LogP contribution is 2.12. The van der Waals surface area contributed by atoms with E-state index in [4.69, 9.17) is 5.26 Å². The predicted molar refractivity (Wildman–Crippen MR) is 75.6 cm³/mol. The van der Waals surface area contributed by atoms with Crippen molar-refractivity contribution in [2.75, 3.05) is 5.32 Å². The molecule has 1 aromatic carbocycles. The predicted octanol–water partition coefficient (Wildman–Crippen LogP) is 1.33. The first-order valence-corrected chi connectivity index (χ1v) is 6.41. The van der Waals surface area contributed by atoms with Gasteiger partial charge in [0.05, 0.1) is 6.07 Å². The summed E-state index contributed by atoms with van der Waals surface area (Å²) in [4.78, 5) is 19.2. The smallest absolute Gasteiger partial charge is 0.260 e. The van der Waals surface area contributed by atoms with Crippen LogP contribution in [0.2, 0.25) is 0 Å². The van der Waals surface area contributed by atoms with E-state index in [0.717, 1.165) is 16.7 Å². The lowest BCUT2D eigenvalue weighted by Crippen LogP contribution is -2.38. The topological polar surface area (TPSA) is 101 Å². The molecule has 0 radical (unpaired) electrons. The van der Waals surface area contributed by atoms with Crippen molar-refractivity contribution in [3.8, 4) is 12.0 Å². The molecule has 0 fully saturated rings. The van der Waals surface area contributed by atoms with E-state index in [1.54, 1.807) is 10.7 Å². The second-order valence-electron chi connectivity index (χ2n) is 4.62. The Balaban J connectivity index is 2.01. The van der Waals surface area contributed by atoms with E-state index < -0.39 is 0 Å². The molecule has 0 aliphatic carbocycles. The number of nitriles is 1. The lowest BCUT2D eigenvalue weighted by molar-refractivity contribution is -0.648. The number of aryl methyl sites for hydroxylation is 1. The molecule has 0 spiro atoms. The molecule has 2 heterocycles. The summed E-state index contributed by atoms with van der Waals surface area (Å²) in [5.41, 5.74) is 2.60. The fourth-order valence-corrected chi connectivity index (χ4v) is 2.10. The summed E-state index contributed by atoms with van der Waals surface area (Å²) in [6, 6.07) is 11.3. The number of carbonyl (C=O) groups excluding carboxylic acids is 1. The van der Waals surface area contributed by atoms with Crippen LogP contribution < -0.4 is 10.00 Å². The number of nitrogens with one attached hydrogen (secondary N) is 3. The van der Waals surface area contributed by atoms with Crippen LogP contribution in [0, 0.1) is 18.3 Å². The van der Waals surface area contributed by atoms with Gasteiger partial charge in [-0.15, -0.1) is 9.67 Å². The number of fused-ring (bicyclic) bond motifs is 1. The van der Waals surface area contributed by atoms with Crippen LogP contribution in [0.5, 0.6) is 0 Å². The number of aromatic amines is 2. The summed E-state index contributed by atoms with van der Waals surface area (Å²) in [5, 5.41) is 14.3. The molecule has 1 amide bonds. The van der Waals surface area contributed by atoms with Crippen LogP contribution in [0.3, 0.4) is 0 Å². The van der Waals surface area contributed by atoms with Gasteiger partial charge in [-0.05, 0) is 19.1 Å². The number of anilines is 1. The van der Waals surface area contributed by atoms with Crippen molar-refractivity contribution in [2.45, 2.75) is 13.3 Å². The van der Waals surface area contributed by atoms with E-state index in [9.17, 15) is 4.79 Å². The summed E-state index contributed by atoms with van der Waals surface area (Å²) in [6.45, 7) is 1.87. The number of H-pyrrole nitrogens is 2. The Morgan fingerprint density at radius 3 is 3.05 bits per heavy atom. The number of imidazole rings is 1. The van der Waals surface area contributed by atoms with Gasteiger partial charge in [0.2, 0.25) is 5.82 Å². The van der Waals surface area contributed by atoms with E-state index in [0.29, 0.717) is 11.8 Å². The minimum Gasteiger partial charge on any atom is -0.260 e. The number of para-hydroxylation sites is 2. The Hall–Kier alpha value is -3.14. The molecular formula is C14H13N6O+. The number of aromatic nitrogens is 4. The first kappa shape index (κ1) is 12.9. The maximum absolute atomic E-state index is 11.6. The second-order valence-corrected chi connectivity index (χ2v) is 4.62. The number of hydrogen-bond acceptors (Lipinski definition) is 3. The van der Waals surface area contributed by atoms with Gasteiger partial charge in [0.15, 0.2) is 5.52 Å². The van der Waals surface area contributed by atoms with Crippen LogP contribution in [0.25, 0.3) is 17.0 Å². The Morgan fingerprint density at radius 2 is 2.29 bits per heavy atom. The summed E-state index contributed by atoms with van der Waals surface area (Å²) >= 11 is 0. The van der Waals surface area contributed by atoms with E-state index in [1.807, 2.05) is 37.3 Å². The molecule has 21 heavy (non-hydrogen) atoms. The minimum absolute atomic E-state index is 0.190. The minimum atomic E-state index is -0.360. The van der Waals surface area contributed by atoms with Gasteiger partial charge >= 0.3 is 5.95 Å². The molecule has 0 atom stereocenters. The molecule has 104 valence electrons. The average Bonchev–Trinajstić information content (AvgIpc) is 3.02. The van der Waals surface area contributed by atoms with Crippen molar-refractivity contribution in [1.82, 2.24) is 15.1 Å². The van der Waals surface area contributed by atoms with Crippen molar-refractivity contribution < 1.29 is 9.48 Å². The molecule has 0 saturated carbocycles. The molecule has 2 aromatic heterocycles. The maximum Gasteiger partial charge on any atom is 0.374 e. The Kier molecular flexibility index (Phi) is 3.12. The highest BCUT2D eigenvalue weighted by molar-refractivity contribution is 5.90. The molecule has 7 heteroatoms. The number of hydrogen-bond donors (Lipinski definition) is 3. The largest absolute Gasteiger partial charge is 0.374 e. The molecule has 3 rings (SSSR count). The number of amides is 1. The third-order valence-corrected chi connectivity index (χ3v) is 2.98. The number of rotatable bonds is 3. The standard InChI is InChI=1S/C14H12N6O/c1-9-8-12(18-13(21)6-7-15)20(19-9)14-16-10-4-2-3-5-11(10)17-14/h2-5,8H,6H2,1H3,(H2,16,17,18,19,21)/p+1. The summed E-state index contributed by atoms with van der Waals surface area (Å²) in [7, 11) is 0. The zero-order chi connectivity index (χ0) is 14.8. The Bertz CT molecular complexity index is 821. The molecule has 0 aliphatic rings. The highest BCUT2D eigenvalue weighted by Gasteiger charge is 2.19. The van der Waals surface area contributed by atoms with Crippen LogP contribution in [-0.4, -0.2) is 21.0 Å². The third kappa shape index (κ3) is 2.47.